The van der Waals surface area contributed by atoms with Crippen LogP contribution in [0.2, 0.25) is 0 Å². The largest absolute Gasteiger partial charge is 0.507 e. The van der Waals surface area contributed by atoms with Gasteiger partial charge in [-0.1, -0.05) is 41.5 Å². The number of aromatic hydroxyl groups is 1. The molecule has 1 aromatic heterocycles. The summed E-state index contributed by atoms with van der Waals surface area (Å²) in [5, 5.41) is 15.6. The Bertz CT molecular complexity index is 710. The van der Waals surface area contributed by atoms with Gasteiger partial charge in [0.2, 0.25) is 0 Å². The average molecular weight is 358 g/mol. The van der Waals surface area contributed by atoms with Crippen molar-refractivity contribution in [1.29, 1.82) is 0 Å². The van der Waals surface area contributed by atoms with E-state index in [1.54, 1.807) is 0 Å². The molecule has 26 heavy (non-hydrogen) atoms. The Morgan fingerprint density at radius 1 is 1.00 bits per heavy atom. The van der Waals surface area contributed by atoms with E-state index in [1.165, 1.54) is 0 Å². The summed E-state index contributed by atoms with van der Waals surface area (Å²) in [6, 6.07) is 6.26. The zero-order valence-electron chi connectivity index (χ0n) is 17.7. The van der Waals surface area contributed by atoms with Crippen LogP contribution in [0.25, 0.3) is 11.3 Å². The molecule has 0 unspecified atom stereocenters. The first-order chi connectivity index (χ1) is 11.9. The molecule has 0 aliphatic heterocycles. The SMILES string of the molecule is CN(C)CCCn1ccc(-c2cc(C(C)(C)C)c(O)c(C(C)(C)C)c2)n1. The van der Waals surface area contributed by atoms with E-state index in [0.29, 0.717) is 5.75 Å². The molecular formula is C22H35N3O. The summed E-state index contributed by atoms with van der Waals surface area (Å²) in [6.07, 6.45) is 3.12. The monoisotopic (exact) mass is 357 g/mol. The first kappa shape index (κ1) is 20.5. The van der Waals surface area contributed by atoms with Gasteiger partial charge in [0.15, 0.2) is 0 Å². The van der Waals surface area contributed by atoms with E-state index in [2.05, 4.69) is 78.7 Å². The second kappa shape index (κ2) is 7.43. The predicted octanol–water partition coefficient (Wildman–Crippen LogP) is 4.80. The molecule has 1 heterocycles. The molecule has 0 atom stereocenters. The fourth-order valence-corrected chi connectivity index (χ4v) is 3.11. The number of hydrogen-bond acceptors (Lipinski definition) is 3. The molecule has 0 saturated heterocycles. The van der Waals surface area contributed by atoms with Gasteiger partial charge in [0.05, 0.1) is 5.69 Å². The van der Waals surface area contributed by atoms with Crippen LogP contribution >= 0.6 is 0 Å². The fraction of sp³-hybridized carbons (Fsp3) is 0.591. The van der Waals surface area contributed by atoms with Gasteiger partial charge in [0.25, 0.3) is 0 Å². The third kappa shape index (κ3) is 4.88. The summed E-state index contributed by atoms with van der Waals surface area (Å²) in [5.41, 5.74) is 3.72. The lowest BCUT2D eigenvalue weighted by atomic mass is 9.78. The van der Waals surface area contributed by atoms with Crippen molar-refractivity contribution in [3.05, 3.63) is 35.5 Å². The predicted molar refractivity (Wildman–Crippen MR) is 110 cm³/mol. The van der Waals surface area contributed by atoms with Crippen molar-refractivity contribution in [2.24, 2.45) is 0 Å². The molecular weight excluding hydrogens is 322 g/mol. The van der Waals surface area contributed by atoms with Crippen LogP contribution in [-0.2, 0) is 17.4 Å². The number of phenols is 1. The highest BCUT2D eigenvalue weighted by Crippen LogP contribution is 2.41. The van der Waals surface area contributed by atoms with Gasteiger partial charge in [-0.2, -0.15) is 5.10 Å². The second-order valence-electron chi connectivity index (χ2n) is 9.54. The molecule has 0 bridgehead atoms. The summed E-state index contributed by atoms with van der Waals surface area (Å²) >= 11 is 0. The van der Waals surface area contributed by atoms with Crippen molar-refractivity contribution in [2.75, 3.05) is 20.6 Å². The van der Waals surface area contributed by atoms with Crippen molar-refractivity contribution in [3.8, 4) is 17.0 Å². The zero-order chi connectivity index (χ0) is 19.7. The lowest BCUT2D eigenvalue weighted by molar-refractivity contribution is 0.381. The van der Waals surface area contributed by atoms with Crippen molar-refractivity contribution >= 4 is 0 Å². The third-order valence-corrected chi connectivity index (χ3v) is 4.65. The zero-order valence-corrected chi connectivity index (χ0v) is 17.7. The molecule has 0 aliphatic carbocycles. The average Bonchev–Trinajstić information content (AvgIpc) is 2.93. The van der Waals surface area contributed by atoms with Crippen LogP contribution in [0.3, 0.4) is 0 Å². The quantitative estimate of drug-likeness (QED) is 0.835. The minimum absolute atomic E-state index is 0.131. The van der Waals surface area contributed by atoms with E-state index >= 15 is 0 Å². The molecule has 4 heteroatoms. The Balaban J connectivity index is 2.42. The molecule has 2 rings (SSSR count). The highest BCUT2D eigenvalue weighted by molar-refractivity contribution is 5.66. The maximum atomic E-state index is 10.9. The van der Waals surface area contributed by atoms with Crippen LogP contribution in [0, 0.1) is 0 Å². The Hall–Kier alpha value is -1.81. The van der Waals surface area contributed by atoms with Crippen molar-refractivity contribution in [1.82, 2.24) is 14.7 Å². The number of nitrogens with zero attached hydrogens (tertiary/aromatic N) is 3. The highest BCUT2D eigenvalue weighted by atomic mass is 16.3. The molecule has 2 aromatic rings. The minimum Gasteiger partial charge on any atom is -0.507 e. The second-order valence-corrected chi connectivity index (χ2v) is 9.54. The van der Waals surface area contributed by atoms with Crippen molar-refractivity contribution in [3.63, 3.8) is 0 Å². The number of rotatable bonds is 5. The molecule has 0 spiro atoms. The van der Waals surface area contributed by atoms with E-state index in [-0.39, 0.29) is 10.8 Å². The highest BCUT2D eigenvalue weighted by Gasteiger charge is 2.27. The molecule has 0 fully saturated rings. The Morgan fingerprint density at radius 2 is 1.54 bits per heavy atom. The Kier molecular flexibility index (Phi) is 5.86. The summed E-state index contributed by atoms with van der Waals surface area (Å²) in [6.45, 7) is 14.8. The van der Waals surface area contributed by atoms with Gasteiger partial charge in [0, 0.05) is 29.4 Å². The maximum absolute atomic E-state index is 10.9. The van der Waals surface area contributed by atoms with Gasteiger partial charge in [-0.25, -0.2) is 0 Å². The smallest absolute Gasteiger partial charge is 0.123 e. The molecule has 144 valence electrons. The molecule has 4 nitrogen and oxygen atoms in total. The van der Waals surface area contributed by atoms with Crippen LogP contribution in [0.4, 0.5) is 0 Å². The van der Waals surface area contributed by atoms with Crippen LogP contribution < -0.4 is 0 Å². The molecule has 1 aromatic carbocycles. The van der Waals surface area contributed by atoms with Gasteiger partial charge in [-0.3, -0.25) is 4.68 Å². The van der Waals surface area contributed by atoms with E-state index in [1.807, 2.05) is 10.9 Å². The maximum Gasteiger partial charge on any atom is 0.123 e. The molecule has 0 aliphatic rings. The lowest BCUT2D eigenvalue weighted by Gasteiger charge is -2.28. The summed E-state index contributed by atoms with van der Waals surface area (Å²) in [7, 11) is 4.18. The number of phenolic OH excluding ortho intramolecular Hbond substituents is 1. The van der Waals surface area contributed by atoms with E-state index < -0.39 is 0 Å². The Morgan fingerprint density at radius 3 is 2.00 bits per heavy atom. The van der Waals surface area contributed by atoms with Gasteiger partial charge < -0.3 is 10.0 Å². The lowest BCUT2D eigenvalue weighted by Crippen LogP contribution is -2.17. The first-order valence-electron chi connectivity index (χ1n) is 9.46. The van der Waals surface area contributed by atoms with E-state index in [9.17, 15) is 5.11 Å². The molecule has 0 saturated carbocycles. The number of hydrogen-bond donors (Lipinski definition) is 1. The van der Waals surface area contributed by atoms with Crippen molar-refractivity contribution in [2.45, 2.75) is 65.3 Å². The van der Waals surface area contributed by atoms with Crippen LogP contribution in [0.1, 0.15) is 59.1 Å². The normalized spacial score (nSPS) is 12.8. The van der Waals surface area contributed by atoms with Crippen LogP contribution in [0.5, 0.6) is 5.75 Å². The van der Waals surface area contributed by atoms with E-state index in [0.717, 1.165) is 41.9 Å². The van der Waals surface area contributed by atoms with Crippen LogP contribution in [0.15, 0.2) is 24.4 Å². The summed E-state index contributed by atoms with van der Waals surface area (Å²) in [5.74, 6) is 0.416. The number of benzene rings is 1. The van der Waals surface area contributed by atoms with Gasteiger partial charge in [-0.15, -0.1) is 0 Å². The number of aromatic nitrogens is 2. The number of aryl methyl sites for hydroxylation is 1. The van der Waals surface area contributed by atoms with Crippen LogP contribution in [-0.4, -0.2) is 40.4 Å². The van der Waals surface area contributed by atoms with E-state index in [4.69, 9.17) is 5.10 Å². The molecule has 1 N–H and O–H groups in total. The van der Waals surface area contributed by atoms with Gasteiger partial charge >= 0.3 is 0 Å². The standard InChI is InChI=1S/C22H35N3O/c1-21(2,3)17-14-16(15-18(20(17)26)22(4,5)6)19-10-13-25(23-19)12-9-11-24(7)8/h10,13-15,26H,9,11-12H2,1-8H3. The minimum atomic E-state index is -0.131. The topological polar surface area (TPSA) is 41.3 Å². The summed E-state index contributed by atoms with van der Waals surface area (Å²) < 4.78 is 2.01. The third-order valence-electron chi connectivity index (χ3n) is 4.65. The Labute approximate surface area is 158 Å². The first-order valence-corrected chi connectivity index (χ1v) is 9.46. The summed E-state index contributed by atoms with van der Waals surface area (Å²) in [4.78, 5) is 2.19. The molecule has 0 radical (unpaired) electrons. The van der Waals surface area contributed by atoms with Crippen molar-refractivity contribution < 1.29 is 5.11 Å². The van der Waals surface area contributed by atoms with Gasteiger partial charge in [0.1, 0.15) is 5.75 Å². The van der Waals surface area contributed by atoms with Gasteiger partial charge in [-0.05, 0) is 56.1 Å². The fourth-order valence-electron chi connectivity index (χ4n) is 3.11. The molecule has 0 amide bonds.